The smallest absolute Gasteiger partial charge is 0.00104 e. The van der Waals surface area contributed by atoms with Gasteiger partial charge in [-0.3, -0.25) is 0 Å². The maximum atomic E-state index is 2.30. The molecule has 0 radical (unpaired) electrons. The van der Waals surface area contributed by atoms with Crippen LogP contribution in [-0.4, -0.2) is 0 Å². The molecular formula is C13H20. The van der Waals surface area contributed by atoms with Crippen LogP contribution in [0.15, 0.2) is 36.0 Å². The average molecular weight is 176 g/mol. The molecule has 0 aromatic carbocycles. The Kier molecular flexibility index (Phi) is 2.51. The molecule has 0 unspecified atom stereocenters. The minimum Gasteiger partial charge on any atom is -0.0782 e. The second-order valence-electron chi connectivity index (χ2n) is 5.20. The van der Waals surface area contributed by atoms with Crippen LogP contribution in [-0.2, 0) is 0 Å². The predicted octanol–water partition coefficient (Wildman–Crippen LogP) is 4.11. The van der Waals surface area contributed by atoms with E-state index in [9.17, 15) is 0 Å². The Bertz CT molecular complexity index is 272. The highest BCUT2D eigenvalue weighted by Gasteiger charge is 2.16. The third-order valence-electron chi connectivity index (χ3n) is 2.32. The van der Waals surface area contributed by atoms with Gasteiger partial charge in [0.15, 0.2) is 0 Å². The Hall–Kier alpha value is -0.780. The van der Waals surface area contributed by atoms with Crippen molar-refractivity contribution in [1.82, 2.24) is 0 Å². The monoisotopic (exact) mass is 176 g/mol. The summed E-state index contributed by atoms with van der Waals surface area (Å²) in [7, 11) is 0. The van der Waals surface area contributed by atoms with E-state index in [1.807, 2.05) is 0 Å². The molecule has 0 amide bonds. The number of rotatable bonds is 0. The molecule has 0 bridgehead atoms. The van der Waals surface area contributed by atoms with E-state index < -0.39 is 0 Å². The van der Waals surface area contributed by atoms with Gasteiger partial charge < -0.3 is 0 Å². The van der Waals surface area contributed by atoms with E-state index in [2.05, 4.69) is 65.0 Å². The summed E-state index contributed by atoms with van der Waals surface area (Å²) in [6.45, 7) is 11.1. The molecule has 1 aliphatic rings. The lowest BCUT2D eigenvalue weighted by Crippen LogP contribution is -2.10. The normalized spacial score (nSPS) is 33.8. The lowest BCUT2D eigenvalue weighted by atomic mass is 9.82. The van der Waals surface area contributed by atoms with Crippen LogP contribution in [0.3, 0.4) is 0 Å². The highest BCUT2D eigenvalue weighted by molar-refractivity contribution is 5.28. The summed E-state index contributed by atoms with van der Waals surface area (Å²) in [5.41, 5.74) is 1.72. The fourth-order valence-corrected chi connectivity index (χ4v) is 1.51. The molecule has 0 fully saturated rings. The van der Waals surface area contributed by atoms with Crippen LogP contribution in [0.25, 0.3) is 0 Å². The van der Waals surface area contributed by atoms with E-state index in [0.717, 1.165) is 0 Å². The second-order valence-corrected chi connectivity index (χ2v) is 5.20. The molecule has 0 nitrogen and oxygen atoms in total. The van der Waals surface area contributed by atoms with E-state index in [1.165, 1.54) is 5.57 Å². The number of allylic oxidation sites excluding steroid dienone is 6. The van der Waals surface area contributed by atoms with Gasteiger partial charge >= 0.3 is 0 Å². The van der Waals surface area contributed by atoms with Gasteiger partial charge in [0.05, 0.1) is 0 Å². The van der Waals surface area contributed by atoms with Gasteiger partial charge in [0.25, 0.3) is 0 Å². The molecule has 0 heteroatoms. The summed E-state index contributed by atoms with van der Waals surface area (Å²) in [5.74, 6) is 0. The third-order valence-corrected chi connectivity index (χ3v) is 2.32. The van der Waals surface area contributed by atoms with Crippen LogP contribution >= 0.6 is 0 Å². The Labute approximate surface area is 82.0 Å². The molecule has 0 spiro atoms. The molecule has 1 aliphatic carbocycles. The Morgan fingerprint density at radius 1 is 0.846 bits per heavy atom. The Morgan fingerprint density at radius 3 is 2.00 bits per heavy atom. The Balaban J connectivity index is 3.10. The fraction of sp³-hybridized carbons (Fsp3) is 0.538. The zero-order valence-corrected chi connectivity index (χ0v) is 9.39. The molecule has 13 heavy (non-hydrogen) atoms. The number of hydrogen-bond acceptors (Lipinski definition) is 0. The molecule has 72 valence electrons. The molecular weight excluding hydrogens is 156 g/mol. The van der Waals surface area contributed by atoms with Crippen molar-refractivity contribution in [2.45, 2.75) is 34.6 Å². The van der Waals surface area contributed by atoms with Crippen LogP contribution < -0.4 is 0 Å². The fourth-order valence-electron chi connectivity index (χ4n) is 1.51. The van der Waals surface area contributed by atoms with Gasteiger partial charge in [-0.2, -0.15) is 0 Å². The van der Waals surface area contributed by atoms with Crippen molar-refractivity contribution in [3.8, 4) is 0 Å². The maximum absolute atomic E-state index is 2.30. The van der Waals surface area contributed by atoms with Crippen molar-refractivity contribution in [2.24, 2.45) is 10.8 Å². The average Bonchev–Trinajstić information content (AvgIpc) is 1.96. The van der Waals surface area contributed by atoms with Gasteiger partial charge in [-0.15, -0.1) is 0 Å². The van der Waals surface area contributed by atoms with Crippen molar-refractivity contribution in [3.63, 3.8) is 0 Å². The molecule has 0 aromatic rings. The highest BCUT2D eigenvalue weighted by atomic mass is 14.2. The van der Waals surface area contributed by atoms with Crippen molar-refractivity contribution in [3.05, 3.63) is 36.0 Å². The first-order chi connectivity index (χ1) is 5.81. The van der Waals surface area contributed by atoms with E-state index >= 15 is 0 Å². The molecule has 1 rings (SSSR count). The molecule has 0 N–H and O–H groups in total. The molecule has 0 heterocycles. The van der Waals surface area contributed by atoms with Gasteiger partial charge in [-0.1, -0.05) is 63.6 Å². The van der Waals surface area contributed by atoms with Crippen LogP contribution in [0.4, 0.5) is 0 Å². The van der Waals surface area contributed by atoms with Crippen molar-refractivity contribution in [1.29, 1.82) is 0 Å². The van der Waals surface area contributed by atoms with E-state index in [-0.39, 0.29) is 10.8 Å². The Morgan fingerprint density at radius 2 is 1.38 bits per heavy atom. The quantitative estimate of drug-likeness (QED) is 0.487. The van der Waals surface area contributed by atoms with Crippen LogP contribution in [0.1, 0.15) is 34.6 Å². The molecule has 0 aliphatic heterocycles. The zero-order valence-electron chi connectivity index (χ0n) is 9.39. The van der Waals surface area contributed by atoms with E-state index in [1.54, 1.807) is 0 Å². The summed E-state index contributed by atoms with van der Waals surface area (Å²) in [4.78, 5) is 0. The van der Waals surface area contributed by atoms with Gasteiger partial charge in [-0.05, 0) is 6.92 Å². The summed E-state index contributed by atoms with van der Waals surface area (Å²) < 4.78 is 0. The van der Waals surface area contributed by atoms with E-state index in [0.29, 0.717) is 0 Å². The summed E-state index contributed by atoms with van der Waals surface area (Å²) in [6.07, 6.45) is 11.3. The van der Waals surface area contributed by atoms with Gasteiger partial charge in [0.1, 0.15) is 0 Å². The van der Waals surface area contributed by atoms with Crippen LogP contribution in [0.5, 0.6) is 0 Å². The first-order valence-electron chi connectivity index (χ1n) is 4.90. The van der Waals surface area contributed by atoms with Gasteiger partial charge in [0.2, 0.25) is 0 Å². The second kappa shape index (κ2) is 3.17. The first kappa shape index (κ1) is 10.3. The molecule has 0 aromatic heterocycles. The summed E-state index contributed by atoms with van der Waals surface area (Å²) in [6, 6.07) is 0. The SMILES string of the molecule is CC1=C/C(C)(C)/C=C\C(C)(C)/C=C\1. The number of hydrogen-bond donors (Lipinski definition) is 0. The van der Waals surface area contributed by atoms with Crippen molar-refractivity contribution < 1.29 is 0 Å². The topological polar surface area (TPSA) is 0 Å². The minimum atomic E-state index is 0.187. The minimum absolute atomic E-state index is 0.187. The summed E-state index contributed by atoms with van der Waals surface area (Å²) in [5, 5.41) is 0. The lowest BCUT2D eigenvalue weighted by Gasteiger charge is -2.23. The van der Waals surface area contributed by atoms with Gasteiger partial charge in [-0.25, -0.2) is 0 Å². The molecule has 0 saturated heterocycles. The van der Waals surface area contributed by atoms with E-state index in [4.69, 9.17) is 0 Å². The molecule has 0 saturated carbocycles. The largest absolute Gasteiger partial charge is 0.0782 e. The van der Waals surface area contributed by atoms with Crippen LogP contribution in [0.2, 0.25) is 0 Å². The maximum Gasteiger partial charge on any atom is 0.00104 e. The van der Waals surface area contributed by atoms with Crippen LogP contribution in [0, 0.1) is 10.8 Å². The summed E-state index contributed by atoms with van der Waals surface area (Å²) >= 11 is 0. The van der Waals surface area contributed by atoms with Crippen molar-refractivity contribution in [2.75, 3.05) is 0 Å². The zero-order chi connectivity index (χ0) is 10.1. The molecule has 0 atom stereocenters. The highest BCUT2D eigenvalue weighted by Crippen LogP contribution is 2.29. The lowest BCUT2D eigenvalue weighted by molar-refractivity contribution is 0.573. The van der Waals surface area contributed by atoms with Crippen molar-refractivity contribution >= 4 is 0 Å². The predicted molar refractivity (Wildman–Crippen MR) is 59.6 cm³/mol. The first-order valence-corrected chi connectivity index (χ1v) is 4.90. The third kappa shape index (κ3) is 3.22. The van der Waals surface area contributed by atoms with Gasteiger partial charge in [0, 0.05) is 10.8 Å². The standard InChI is InChI=1S/C13H20/c1-11-6-7-12(2,3)8-9-13(4,5)10-11/h6-10H,1-5H3/b7-6-,9-8-,11-10-.